The van der Waals surface area contributed by atoms with Crippen molar-refractivity contribution >= 4 is 25.6 Å². The lowest BCUT2D eigenvalue weighted by Gasteiger charge is -2.11. The summed E-state index contributed by atoms with van der Waals surface area (Å²) in [4.78, 5) is 9.61. The second kappa shape index (κ2) is 6.58. The van der Waals surface area contributed by atoms with Crippen molar-refractivity contribution in [3.63, 3.8) is 0 Å². The van der Waals surface area contributed by atoms with E-state index in [0.29, 0.717) is 0 Å². The monoisotopic (exact) mass is 366 g/mol. The lowest BCUT2D eigenvalue weighted by molar-refractivity contribution is -0.131. The van der Waals surface area contributed by atoms with E-state index in [-0.39, 0.29) is 15.4 Å². The normalized spacial score (nSPS) is 11.8. The van der Waals surface area contributed by atoms with Crippen molar-refractivity contribution in [3.05, 3.63) is 71.6 Å². The van der Waals surface area contributed by atoms with E-state index in [2.05, 4.69) is 6.58 Å². The van der Waals surface area contributed by atoms with Crippen molar-refractivity contribution in [3.8, 4) is 0 Å². The fraction of sp³-hybridized carbons (Fsp3) is 0.0625. The van der Waals surface area contributed by atoms with Crippen LogP contribution < -0.4 is 0 Å². The van der Waals surface area contributed by atoms with E-state index in [1.807, 2.05) is 0 Å². The van der Waals surface area contributed by atoms with Crippen molar-refractivity contribution in [2.24, 2.45) is 0 Å². The standard InChI is InChI=1S/C16H14O6S2/c1-12(16(17)18)24(21,22)15-10-6-5-7-13(15)11-23(19,20)14-8-3-2-4-9-14/h2-10H,1,11H2,(H,17,18). The van der Waals surface area contributed by atoms with Gasteiger partial charge in [-0.2, -0.15) is 0 Å². The molecule has 0 amide bonds. The minimum Gasteiger partial charge on any atom is -0.477 e. The highest BCUT2D eigenvalue weighted by atomic mass is 32.2. The van der Waals surface area contributed by atoms with Gasteiger partial charge in [-0.1, -0.05) is 43.0 Å². The van der Waals surface area contributed by atoms with Crippen LogP contribution in [0.1, 0.15) is 5.56 Å². The SMILES string of the molecule is C=C(C(=O)O)S(=O)(=O)c1ccccc1CS(=O)(=O)c1ccccc1. The van der Waals surface area contributed by atoms with Crippen LogP contribution in [0, 0.1) is 0 Å². The average Bonchev–Trinajstić information content (AvgIpc) is 2.55. The summed E-state index contributed by atoms with van der Waals surface area (Å²) in [6, 6.07) is 13.0. The molecular weight excluding hydrogens is 352 g/mol. The predicted octanol–water partition coefficient (Wildman–Crippen LogP) is 2.03. The molecule has 0 bridgehead atoms. The Hall–Kier alpha value is -2.45. The molecule has 0 saturated heterocycles. The van der Waals surface area contributed by atoms with Gasteiger partial charge in [0.2, 0.25) is 9.84 Å². The molecule has 0 saturated carbocycles. The zero-order valence-electron chi connectivity index (χ0n) is 12.4. The molecule has 6 nitrogen and oxygen atoms in total. The summed E-state index contributed by atoms with van der Waals surface area (Å²) in [6.45, 7) is 3.06. The first-order valence-electron chi connectivity index (χ1n) is 6.69. The molecule has 0 radical (unpaired) electrons. The number of rotatable bonds is 6. The van der Waals surface area contributed by atoms with Crippen LogP contribution >= 0.6 is 0 Å². The quantitative estimate of drug-likeness (QED) is 0.784. The minimum atomic E-state index is -4.38. The van der Waals surface area contributed by atoms with Crippen molar-refractivity contribution < 1.29 is 26.7 Å². The van der Waals surface area contributed by atoms with E-state index in [1.165, 1.54) is 36.4 Å². The summed E-state index contributed by atoms with van der Waals surface area (Å²) in [5.41, 5.74) is -0.0104. The first kappa shape index (κ1) is 17.9. The van der Waals surface area contributed by atoms with Gasteiger partial charge in [0, 0.05) is 0 Å². The van der Waals surface area contributed by atoms with Crippen LogP contribution in [0.4, 0.5) is 0 Å². The highest BCUT2D eigenvalue weighted by Gasteiger charge is 2.28. The third-order valence-corrected chi connectivity index (χ3v) is 6.76. The lowest BCUT2D eigenvalue weighted by Crippen LogP contribution is -2.15. The Balaban J connectivity index is 2.52. The van der Waals surface area contributed by atoms with E-state index >= 15 is 0 Å². The molecule has 2 aromatic rings. The van der Waals surface area contributed by atoms with Gasteiger partial charge in [0.1, 0.15) is 4.91 Å². The summed E-state index contributed by atoms with van der Waals surface area (Å²) in [6.07, 6.45) is 0. The molecule has 0 aromatic heterocycles. The van der Waals surface area contributed by atoms with Gasteiger partial charge in [-0.25, -0.2) is 21.6 Å². The molecule has 126 valence electrons. The van der Waals surface area contributed by atoms with Gasteiger partial charge in [-0.3, -0.25) is 0 Å². The molecule has 2 rings (SSSR count). The third-order valence-electron chi connectivity index (χ3n) is 3.27. The fourth-order valence-electron chi connectivity index (χ4n) is 2.05. The highest BCUT2D eigenvalue weighted by Crippen LogP contribution is 2.26. The molecule has 0 unspecified atom stereocenters. The summed E-state index contributed by atoms with van der Waals surface area (Å²) in [7, 11) is -8.17. The molecule has 2 aromatic carbocycles. The molecule has 8 heteroatoms. The lowest BCUT2D eigenvalue weighted by atomic mass is 10.2. The molecular formula is C16H14O6S2. The van der Waals surface area contributed by atoms with Gasteiger partial charge in [0.15, 0.2) is 9.84 Å². The molecule has 0 heterocycles. The zero-order valence-corrected chi connectivity index (χ0v) is 14.0. The first-order chi connectivity index (χ1) is 11.2. The summed E-state index contributed by atoms with van der Waals surface area (Å²) < 4.78 is 49.6. The summed E-state index contributed by atoms with van der Waals surface area (Å²) >= 11 is 0. The van der Waals surface area contributed by atoms with Crippen LogP contribution in [0.3, 0.4) is 0 Å². The smallest absolute Gasteiger partial charge is 0.347 e. The Kier molecular flexibility index (Phi) is 4.91. The number of hydrogen-bond donors (Lipinski definition) is 1. The van der Waals surface area contributed by atoms with Gasteiger partial charge >= 0.3 is 5.97 Å². The van der Waals surface area contributed by atoms with Crippen molar-refractivity contribution in [2.45, 2.75) is 15.5 Å². The number of carboxylic acids is 1. The first-order valence-corrected chi connectivity index (χ1v) is 9.83. The molecule has 24 heavy (non-hydrogen) atoms. The maximum absolute atomic E-state index is 12.5. The second-order valence-electron chi connectivity index (χ2n) is 4.91. The average molecular weight is 366 g/mol. The van der Waals surface area contributed by atoms with Gasteiger partial charge in [0.25, 0.3) is 0 Å². The number of sulfone groups is 2. The molecule has 0 aliphatic heterocycles. The second-order valence-corrected chi connectivity index (χ2v) is 8.84. The van der Waals surface area contributed by atoms with Gasteiger partial charge in [-0.15, -0.1) is 0 Å². The topological polar surface area (TPSA) is 106 Å². The Labute approximate surface area is 139 Å². The van der Waals surface area contributed by atoms with Crippen molar-refractivity contribution in [2.75, 3.05) is 0 Å². The molecule has 0 aliphatic rings. The summed E-state index contributed by atoms with van der Waals surface area (Å²) in [5, 5.41) is 8.88. The fourth-order valence-corrected chi connectivity index (χ4v) is 4.78. The Morgan fingerprint density at radius 1 is 0.917 bits per heavy atom. The van der Waals surface area contributed by atoms with Crippen LogP contribution in [0.25, 0.3) is 0 Å². The maximum Gasteiger partial charge on any atom is 0.347 e. The van der Waals surface area contributed by atoms with Crippen molar-refractivity contribution in [1.29, 1.82) is 0 Å². The number of benzene rings is 2. The van der Waals surface area contributed by atoms with Crippen LogP contribution in [0.2, 0.25) is 0 Å². The van der Waals surface area contributed by atoms with Gasteiger partial charge < -0.3 is 5.11 Å². The van der Waals surface area contributed by atoms with Gasteiger partial charge in [-0.05, 0) is 23.8 Å². The zero-order chi connectivity index (χ0) is 18.0. The number of hydrogen-bond acceptors (Lipinski definition) is 5. The van der Waals surface area contributed by atoms with E-state index in [4.69, 9.17) is 5.11 Å². The predicted molar refractivity (Wildman–Crippen MR) is 87.7 cm³/mol. The van der Waals surface area contributed by atoms with Crippen LogP contribution in [-0.2, 0) is 30.2 Å². The molecule has 0 aliphatic carbocycles. The number of aliphatic carboxylic acids is 1. The number of carboxylic acid groups (broad SMARTS) is 1. The molecule has 0 atom stereocenters. The Morgan fingerprint density at radius 3 is 2.04 bits per heavy atom. The van der Waals surface area contributed by atoms with Crippen molar-refractivity contribution in [1.82, 2.24) is 0 Å². The van der Waals surface area contributed by atoms with Gasteiger partial charge in [0.05, 0.1) is 15.5 Å². The Bertz CT molecular complexity index is 990. The summed E-state index contributed by atoms with van der Waals surface area (Å²) in [5.74, 6) is -2.25. The molecule has 0 fully saturated rings. The van der Waals surface area contributed by atoms with E-state index < -0.39 is 36.3 Å². The largest absolute Gasteiger partial charge is 0.477 e. The van der Waals surface area contributed by atoms with Crippen LogP contribution in [-0.4, -0.2) is 27.9 Å². The third kappa shape index (κ3) is 3.55. The van der Waals surface area contributed by atoms with Crippen LogP contribution in [0.15, 0.2) is 75.9 Å². The maximum atomic E-state index is 12.5. The van der Waals surface area contributed by atoms with Crippen LogP contribution in [0.5, 0.6) is 0 Å². The minimum absolute atomic E-state index is 0.0104. The molecule has 1 N–H and O–H groups in total. The molecule has 0 spiro atoms. The Morgan fingerprint density at radius 2 is 1.46 bits per heavy atom. The number of carbonyl (C=O) groups is 1. The highest BCUT2D eigenvalue weighted by molar-refractivity contribution is 7.96. The van der Waals surface area contributed by atoms with E-state index in [0.717, 1.165) is 0 Å². The van der Waals surface area contributed by atoms with E-state index in [1.54, 1.807) is 18.2 Å². The van der Waals surface area contributed by atoms with E-state index in [9.17, 15) is 21.6 Å².